The third-order valence-corrected chi connectivity index (χ3v) is 2.05. The SMILES string of the molecule is CC(=O)N[C@@H]1[CH]O[C@@H](CO)[C@H](O)[C@H]1O. The van der Waals surface area contributed by atoms with Gasteiger partial charge in [-0.15, -0.1) is 0 Å². The van der Waals surface area contributed by atoms with Crippen molar-refractivity contribution >= 4 is 5.91 Å². The molecule has 0 aromatic rings. The summed E-state index contributed by atoms with van der Waals surface area (Å²) in [6, 6.07) is -0.745. The van der Waals surface area contributed by atoms with Crippen molar-refractivity contribution in [1.29, 1.82) is 0 Å². The minimum Gasteiger partial charge on any atom is -0.394 e. The number of carbonyl (C=O) groups is 1. The van der Waals surface area contributed by atoms with Crippen LogP contribution in [0.4, 0.5) is 0 Å². The number of aliphatic hydroxyl groups excluding tert-OH is 3. The quantitative estimate of drug-likeness (QED) is 0.408. The maximum atomic E-state index is 10.7. The first-order valence-corrected chi connectivity index (χ1v) is 4.29. The van der Waals surface area contributed by atoms with E-state index < -0.39 is 24.4 Å². The van der Waals surface area contributed by atoms with Crippen LogP contribution < -0.4 is 5.32 Å². The van der Waals surface area contributed by atoms with Crippen molar-refractivity contribution in [2.75, 3.05) is 6.61 Å². The number of hydrogen-bond acceptors (Lipinski definition) is 5. The third-order valence-electron chi connectivity index (χ3n) is 2.05. The lowest BCUT2D eigenvalue weighted by Crippen LogP contribution is -2.57. The fourth-order valence-electron chi connectivity index (χ4n) is 1.28. The molecule has 0 aromatic carbocycles. The standard InChI is InChI=1S/C8H14NO5/c1-4(11)9-5-3-14-6(2-10)8(13)7(5)12/h3,5-8,10,12-13H,2H2,1H3,(H,9,11)/t5-,6+,7+,8+/m1/s1. The first kappa shape index (κ1) is 11.4. The molecule has 1 aliphatic heterocycles. The second kappa shape index (κ2) is 4.70. The number of hydrogen-bond donors (Lipinski definition) is 4. The minimum atomic E-state index is -1.21. The number of aliphatic hydroxyl groups is 3. The summed E-state index contributed by atoms with van der Waals surface area (Å²) in [5.41, 5.74) is 0. The van der Waals surface area contributed by atoms with Crippen LogP contribution in [0, 0.1) is 6.61 Å². The van der Waals surface area contributed by atoms with E-state index in [1.807, 2.05) is 0 Å². The van der Waals surface area contributed by atoms with E-state index in [1.54, 1.807) is 0 Å². The summed E-state index contributed by atoms with van der Waals surface area (Å²) in [5.74, 6) is -0.330. The Morgan fingerprint density at radius 1 is 1.50 bits per heavy atom. The zero-order chi connectivity index (χ0) is 10.7. The molecule has 1 heterocycles. The van der Waals surface area contributed by atoms with Gasteiger partial charge in [0.2, 0.25) is 5.91 Å². The van der Waals surface area contributed by atoms with E-state index in [0.29, 0.717) is 0 Å². The van der Waals surface area contributed by atoms with Crippen molar-refractivity contribution in [2.24, 2.45) is 0 Å². The number of ether oxygens (including phenoxy) is 1. The van der Waals surface area contributed by atoms with Gasteiger partial charge in [-0.2, -0.15) is 0 Å². The van der Waals surface area contributed by atoms with Crippen LogP contribution >= 0.6 is 0 Å². The van der Waals surface area contributed by atoms with Gasteiger partial charge in [0.1, 0.15) is 24.9 Å². The molecule has 1 radical (unpaired) electrons. The van der Waals surface area contributed by atoms with Crippen LogP contribution in [0.1, 0.15) is 6.92 Å². The second-order valence-electron chi connectivity index (χ2n) is 3.20. The van der Waals surface area contributed by atoms with Crippen molar-refractivity contribution in [3.63, 3.8) is 0 Å². The van der Waals surface area contributed by atoms with Gasteiger partial charge >= 0.3 is 0 Å². The van der Waals surface area contributed by atoms with E-state index >= 15 is 0 Å². The number of amides is 1. The fourth-order valence-corrected chi connectivity index (χ4v) is 1.28. The summed E-state index contributed by atoms with van der Waals surface area (Å²) in [5, 5.41) is 30.1. The van der Waals surface area contributed by atoms with Gasteiger partial charge < -0.3 is 25.4 Å². The molecule has 0 saturated carbocycles. The summed E-state index contributed by atoms with van der Waals surface area (Å²) >= 11 is 0. The molecule has 1 amide bonds. The van der Waals surface area contributed by atoms with Gasteiger partial charge in [0.25, 0.3) is 0 Å². The molecule has 4 atom stereocenters. The summed E-state index contributed by atoms with van der Waals surface area (Å²) < 4.78 is 4.92. The van der Waals surface area contributed by atoms with Crippen molar-refractivity contribution in [3.8, 4) is 0 Å². The molecular formula is C8H14NO5. The fraction of sp³-hybridized carbons (Fsp3) is 0.750. The molecule has 1 fully saturated rings. The Hall–Kier alpha value is -0.690. The predicted octanol–water partition coefficient (Wildman–Crippen LogP) is -2.23. The van der Waals surface area contributed by atoms with Crippen molar-refractivity contribution in [3.05, 3.63) is 6.61 Å². The minimum absolute atomic E-state index is 0.330. The van der Waals surface area contributed by atoms with E-state index in [9.17, 15) is 15.0 Å². The number of carbonyl (C=O) groups excluding carboxylic acids is 1. The van der Waals surface area contributed by atoms with Gasteiger partial charge in [0, 0.05) is 6.92 Å². The van der Waals surface area contributed by atoms with Crippen LogP contribution in [0.5, 0.6) is 0 Å². The molecule has 0 aliphatic carbocycles. The molecule has 1 saturated heterocycles. The highest BCUT2D eigenvalue weighted by atomic mass is 16.5. The maximum Gasteiger partial charge on any atom is 0.217 e. The van der Waals surface area contributed by atoms with Gasteiger partial charge in [-0.1, -0.05) is 0 Å². The highest BCUT2D eigenvalue weighted by molar-refractivity contribution is 5.73. The van der Waals surface area contributed by atoms with Crippen LogP contribution in [0.3, 0.4) is 0 Å². The van der Waals surface area contributed by atoms with Crippen LogP contribution in [-0.2, 0) is 9.53 Å². The first-order valence-electron chi connectivity index (χ1n) is 4.29. The lowest BCUT2D eigenvalue weighted by molar-refractivity contribution is -0.144. The summed E-state index contributed by atoms with van der Waals surface area (Å²) in [6.45, 7) is 2.12. The molecular weight excluding hydrogens is 190 g/mol. The maximum absolute atomic E-state index is 10.7. The summed E-state index contributed by atoms with van der Waals surface area (Å²) in [6.07, 6.45) is -3.21. The molecule has 6 nitrogen and oxygen atoms in total. The van der Waals surface area contributed by atoms with Crippen LogP contribution in [0.2, 0.25) is 0 Å². The smallest absolute Gasteiger partial charge is 0.217 e. The number of rotatable bonds is 2. The first-order chi connectivity index (χ1) is 6.56. The molecule has 6 heteroatoms. The summed E-state index contributed by atoms with van der Waals surface area (Å²) in [4.78, 5) is 10.7. The Morgan fingerprint density at radius 3 is 2.64 bits per heavy atom. The predicted molar refractivity (Wildman–Crippen MR) is 45.9 cm³/mol. The van der Waals surface area contributed by atoms with Gasteiger partial charge in [-0.05, 0) is 0 Å². The normalized spacial score (nSPS) is 38.0. The molecule has 1 rings (SSSR count). The van der Waals surface area contributed by atoms with Crippen LogP contribution in [0.15, 0.2) is 0 Å². The van der Waals surface area contributed by atoms with Gasteiger partial charge in [0.15, 0.2) is 0 Å². The lowest BCUT2D eigenvalue weighted by Gasteiger charge is -2.36. The third kappa shape index (κ3) is 2.42. The van der Waals surface area contributed by atoms with Crippen molar-refractivity contribution in [1.82, 2.24) is 5.32 Å². The lowest BCUT2D eigenvalue weighted by atomic mass is 9.98. The molecule has 0 aromatic heterocycles. The van der Waals surface area contributed by atoms with E-state index in [1.165, 1.54) is 13.5 Å². The Kier molecular flexibility index (Phi) is 3.82. The zero-order valence-electron chi connectivity index (χ0n) is 7.75. The highest BCUT2D eigenvalue weighted by Crippen LogP contribution is 2.17. The van der Waals surface area contributed by atoms with E-state index in [-0.39, 0.29) is 12.5 Å². The van der Waals surface area contributed by atoms with Gasteiger partial charge in [0.05, 0.1) is 12.6 Å². The molecule has 0 spiro atoms. The Balaban J connectivity index is 2.54. The molecule has 0 unspecified atom stereocenters. The van der Waals surface area contributed by atoms with Crippen molar-refractivity contribution < 1.29 is 24.9 Å². The van der Waals surface area contributed by atoms with Crippen molar-refractivity contribution in [2.45, 2.75) is 31.3 Å². The average Bonchev–Trinajstić information content (AvgIpc) is 2.13. The molecule has 4 N–H and O–H groups in total. The number of nitrogens with one attached hydrogen (secondary N) is 1. The summed E-state index contributed by atoms with van der Waals surface area (Å²) in [7, 11) is 0. The molecule has 81 valence electrons. The van der Waals surface area contributed by atoms with Crippen LogP contribution in [-0.4, -0.2) is 52.2 Å². The largest absolute Gasteiger partial charge is 0.394 e. The molecule has 1 aliphatic rings. The molecule has 0 bridgehead atoms. The Morgan fingerprint density at radius 2 is 2.14 bits per heavy atom. The second-order valence-corrected chi connectivity index (χ2v) is 3.20. The van der Waals surface area contributed by atoms with E-state index in [2.05, 4.69) is 5.32 Å². The average molecular weight is 204 g/mol. The molecule has 14 heavy (non-hydrogen) atoms. The van der Waals surface area contributed by atoms with Gasteiger partial charge in [-0.25, -0.2) is 0 Å². The Labute approximate surface area is 81.5 Å². The van der Waals surface area contributed by atoms with Gasteiger partial charge in [-0.3, -0.25) is 4.79 Å². The topological polar surface area (TPSA) is 99.0 Å². The van der Waals surface area contributed by atoms with Crippen LogP contribution in [0.25, 0.3) is 0 Å². The zero-order valence-corrected chi connectivity index (χ0v) is 7.75. The Bertz CT molecular complexity index is 210. The van der Waals surface area contributed by atoms with E-state index in [4.69, 9.17) is 9.84 Å². The van der Waals surface area contributed by atoms with E-state index in [0.717, 1.165) is 0 Å². The monoisotopic (exact) mass is 204 g/mol. The highest BCUT2D eigenvalue weighted by Gasteiger charge is 2.38.